The number of rotatable bonds is 8. The molecule has 2 N–H and O–H groups in total. The Balaban J connectivity index is 2.10. The van der Waals surface area contributed by atoms with Crippen LogP contribution < -0.4 is 19.3 Å². The molecule has 14 heteroatoms. The summed E-state index contributed by atoms with van der Waals surface area (Å²) < 4.78 is 41.6. The van der Waals surface area contributed by atoms with Crippen molar-refractivity contribution >= 4 is 32.9 Å². The van der Waals surface area contributed by atoms with Crippen molar-refractivity contribution in [1.82, 2.24) is 29.5 Å². The van der Waals surface area contributed by atoms with Gasteiger partial charge in [0.05, 0.1) is 38.9 Å². The van der Waals surface area contributed by atoms with Crippen LogP contribution in [-0.4, -0.2) is 58.7 Å². The summed E-state index contributed by atoms with van der Waals surface area (Å²) in [7, 11) is -0.986. The zero-order valence-electron chi connectivity index (χ0n) is 18.4. The molecule has 0 spiro atoms. The predicted octanol–water partition coefficient (Wildman–Crippen LogP) is 2.13. The maximum atomic E-state index is 11.7. The number of imidazole rings is 1. The highest BCUT2D eigenvalue weighted by atomic mass is 35.5. The van der Waals surface area contributed by atoms with E-state index in [1.807, 2.05) is 6.92 Å². The summed E-state index contributed by atoms with van der Waals surface area (Å²) in [6, 6.07) is 5.21. The molecule has 34 heavy (non-hydrogen) atoms. The molecule has 4 rings (SSSR count). The molecule has 0 fully saturated rings. The quantitative estimate of drug-likeness (QED) is 0.376. The number of primary sulfonamides is 1. The van der Waals surface area contributed by atoms with Gasteiger partial charge in [0.15, 0.2) is 33.8 Å². The fraction of sp³-hybridized carbons (Fsp3) is 0.250. The number of fused-ring (bicyclic) bond motifs is 1. The molecular formula is C20H20ClN7O5S. The van der Waals surface area contributed by atoms with Crippen molar-refractivity contribution < 1.29 is 22.6 Å². The fourth-order valence-corrected chi connectivity index (χ4v) is 4.13. The van der Waals surface area contributed by atoms with E-state index in [9.17, 15) is 8.42 Å². The Morgan fingerprint density at radius 3 is 2.38 bits per heavy atom. The Kier molecular flexibility index (Phi) is 6.50. The maximum absolute atomic E-state index is 11.7. The van der Waals surface area contributed by atoms with Crippen LogP contribution in [-0.2, 0) is 15.8 Å². The van der Waals surface area contributed by atoms with Gasteiger partial charge in [-0.25, -0.2) is 33.5 Å². The van der Waals surface area contributed by atoms with E-state index in [0.717, 1.165) is 0 Å². The summed E-state index contributed by atoms with van der Waals surface area (Å²) in [6.07, 6.45) is 2.98. The molecule has 4 aromatic heterocycles. The standard InChI is InChI=1S/C20H20ClN7O5S/c1-4-33-15-7-5-6-11(24-15)19-27-18-20(25-12(17(21)26-18)10-34(22,29)30)28(19)16-13(31-2)8-23-9-14(16)32-3/h5-9H,4,10H2,1-3H3,(H2,22,29,30). The van der Waals surface area contributed by atoms with Crippen LogP contribution in [0.1, 0.15) is 12.6 Å². The predicted molar refractivity (Wildman–Crippen MR) is 124 cm³/mol. The first-order valence-corrected chi connectivity index (χ1v) is 12.0. The van der Waals surface area contributed by atoms with E-state index < -0.39 is 15.8 Å². The average molecular weight is 506 g/mol. The first-order chi connectivity index (χ1) is 16.3. The number of methoxy groups -OCH3 is 2. The molecule has 178 valence electrons. The highest BCUT2D eigenvalue weighted by Crippen LogP contribution is 2.37. The zero-order valence-corrected chi connectivity index (χ0v) is 20.0. The van der Waals surface area contributed by atoms with Gasteiger partial charge in [0.1, 0.15) is 17.1 Å². The molecule has 0 saturated heterocycles. The van der Waals surface area contributed by atoms with Gasteiger partial charge in [-0.3, -0.25) is 9.55 Å². The van der Waals surface area contributed by atoms with E-state index in [1.54, 1.807) is 22.8 Å². The topological polar surface area (TPSA) is 157 Å². The Hall–Kier alpha value is -3.55. The highest BCUT2D eigenvalue weighted by Gasteiger charge is 2.26. The van der Waals surface area contributed by atoms with Crippen LogP contribution in [0.15, 0.2) is 30.6 Å². The molecule has 0 aliphatic heterocycles. The van der Waals surface area contributed by atoms with Crippen molar-refractivity contribution in [2.45, 2.75) is 12.7 Å². The minimum absolute atomic E-state index is 0.0348. The van der Waals surface area contributed by atoms with Crippen molar-refractivity contribution in [2.75, 3.05) is 20.8 Å². The van der Waals surface area contributed by atoms with Gasteiger partial charge in [-0.2, -0.15) is 0 Å². The number of hydrogen-bond acceptors (Lipinski definition) is 10. The number of halogens is 1. The molecule has 0 aliphatic rings. The maximum Gasteiger partial charge on any atom is 0.214 e. The largest absolute Gasteiger partial charge is 0.493 e. The van der Waals surface area contributed by atoms with Crippen molar-refractivity contribution in [3.05, 3.63) is 41.4 Å². The average Bonchev–Trinajstić information content (AvgIpc) is 3.15. The molecule has 0 unspecified atom stereocenters. The lowest BCUT2D eigenvalue weighted by atomic mass is 10.3. The van der Waals surface area contributed by atoms with Gasteiger partial charge in [-0.05, 0) is 13.0 Å². The second-order valence-corrected chi connectivity index (χ2v) is 8.85. The van der Waals surface area contributed by atoms with Crippen LogP contribution in [0.4, 0.5) is 0 Å². The number of nitrogens with two attached hydrogens (primary N) is 1. The van der Waals surface area contributed by atoms with E-state index in [4.69, 9.17) is 31.0 Å². The molecule has 0 aliphatic carbocycles. The van der Waals surface area contributed by atoms with Gasteiger partial charge in [0.25, 0.3) is 0 Å². The van der Waals surface area contributed by atoms with E-state index in [2.05, 4.69) is 24.9 Å². The lowest BCUT2D eigenvalue weighted by Crippen LogP contribution is -2.16. The van der Waals surface area contributed by atoms with Gasteiger partial charge in [-0.15, -0.1) is 0 Å². The molecule has 4 heterocycles. The van der Waals surface area contributed by atoms with E-state index in [-0.39, 0.29) is 22.1 Å². The summed E-state index contributed by atoms with van der Waals surface area (Å²) in [5, 5.41) is 5.08. The monoisotopic (exact) mass is 505 g/mol. The first kappa shape index (κ1) is 23.6. The molecule has 0 radical (unpaired) electrons. The van der Waals surface area contributed by atoms with Crippen LogP contribution in [0.2, 0.25) is 5.15 Å². The molecular weight excluding hydrogens is 486 g/mol. The molecule has 0 saturated carbocycles. The molecule has 0 bridgehead atoms. The molecule has 4 aromatic rings. The van der Waals surface area contributed by atoms with Crippen LogP contribution in [0.25, 0.3) is 28.5 Å². The SMILES string of the molecule is CCOc1cccc(-c2nc3nc(Cl)c(CS(N)(=O)=O)nc3n2-c2c(OC)cncc2OC)n1. The Bertz CT molecular complexity index is 1450. The van der Waals surface area contributed by atoms with Crippen LogP contribution >= 0.6 is 11.6 Å². The van der Waals surface area contributed by atoms with Gasteiger partial charge in [0.2, 0.25) is 15.9 Å². The van der Waals surface area contributed by atoms with Crippen LogP contribution in [0.3, 0.4) is 0 Å². The zero-order chi connectivity index (χ0) is 24.5. The minimum Gasteiger partial charge on any atom is -0.493 e. The second kappa shape index (κ2) is 9.37. The third kappa shape index (κ3) is 4.58. The Morgan fingerprint density at radius 2 is 1.76 bits per heavy atom. The number of aromatic nitrogens is 6. The summed E-state index contributed by atoms with van der Waals surface area (Å²) in [5.41, 5.74) is 1.12. The lowest BCUT2D eigenvalue weighted by Gasteiger charge is -2.16. The smallest absolute Gasteiger partial charge is 0.214 e. The van der Waals surface area contributed by atoms with Crippen LogP contribution in [0, 0.1) is 0 Å². The number of ether oxygens (including phenoxy) is 3. The van der Waals surface area contributed by atoms with Crippen molar-refractivity contribution in [3.8, 4) is 34.6 Å². The number of hydrogen-bond donors (Lipinski definition) is 1. The third-order valence-electron chi connectivity index (χ3n) is 4.62. The van der Waals surface area contributed by atoms with Gasteiger partial charge in [-0.1, -0.05) is 17.7 Å². The minimum atomic E-state index is -3.93. The van der Waals surface area contributed by atoms with Crippen LogP contribution in [0.5, 0.6) is 17.4 Å². The van der Waals surface area contributed by atoms with Crippen molar-refractivity contribution in [3.63, 3.8) is 0 Å². The van der Waals surface area contributed by atoms with Gasteiger partial charge >= 0.3 is 0 Å². The van der Waals surface area contributed by atoms with E-state index in [1.165, 1.54) is 26.6 Å². The molecule has 0 aromatic carbocycles. The molecule has 0 amide bonds. The Morgan fingerprint density at radius 1 is 1.06 bits per heavy atom. The third-order valence-corrected chi connectivity index (χ3v) is 5.59. The fourth-order valence-electron chi connectivity index (χ4n) is 3.28. The molecule has 0 atom stereocenters. The number of nitrogens with zero attached hydrogens (tertiary/aromatic N) is 6. The summed E-state index contributed by atoms with van der Waals surface area (Å²) in [6.45, 7) is 2.27. The molecule has 12 nitrogen and oxygen atoms in total. The summed E-state index contributed by atoms with van der Waals surface area (Å²) >= 11 is 6.21. The summed E-state index contributed by atoms with van der Waals surface area (Å²) in [4.78, 5) is 21.9. The van der Waals surface area contributed by atoms with Crippen molar-refractivity contribution in [2.24, 2.45) is 5.14 Å². The summed E-state index contributed by atoms with van der Waals surface area (Å²) in [5.74, 6) is 0.762. The second-order valence-electron chi connectivity index (χ2n) is 6.87. The lowest BCUT2D eigenvalue weighted by molar-refractivity contribution is 0.327. The number of sulfonamides is 1. The van der Waals surface area contributed by atoms with Gasteiger partial charge < -0.3 is 14.2 Å². The van der Waals surface area contributed by atoms with E-state index >= 15 is 0 Å². The van der Waals surface area contributed by atoms with Gasteiger partial charge in [0, 0.05) is 6.07 Å². The van der Waals surface area contributed by atoms with E-state index in [0.29, 0.717) is 41.2 Å². The Labute approximate surface area is 199 Å². The van der Waals surface area contributed by atoms with Crippen molar-refractivity contribution in [1.29, 1.82) is 0 Å². The highest BCUT2D eigenvalue weighted by molar-refractivity contribution is 7.88. The normalized spacial score (nSPS) is 11.6. The number of pyridine rings is 2. The first-order valence-electron chi connectivity index (χ1n) is 9.87.